The monoisotopic (exact) mass is 383 g/mol. The van der Waals surface area contributed by atoms with Gasteiger partial charge in [-0.1, -0.05) is 12.1 Å². The number of rotatable bonds is 3. The topological polar surface area (TPSA) is 27.3 Å². The van der Waals surface area contributed by atoms with Crippen LogP contribution in [0, 0.1) is 5.82 Å². The van der Waals surface area contributed by atoms with E-state index in [-0.39, 0.29) is 11.9 Å². The second kappa shape index (κ2) is 7.02. The molecule has 3 atom stereocenters. The first-order valence-corrected chi connectivity index (χ1v) is 11.1. The molecule has 0 amide bonds. The molecule has 5 heteroatoms. The van der Waals surface area contributed by atoms with Gasteiger partial charge in [0.2, 0.25) is 0 Å². The number of halogens is 1. The number of piperidine rings is 1. The molecule has 1 saturated heterocycles. The van der Waals surface area contributed by atoms with E-state index in [1.54, 1.807) is 0 Å². The summed E-state index contributed by atoms with van der Waals surface area (Å²) >= 11 is 2.04. The second-order valence-corrected chi connectivity index (χ2v) is 9.01. The van der Waals surface area contributed by atoms with Gasteiger partial charge in [0.15, 0.2) is 0 Å². The van der Waals surface area contributed by atoms with Crippen LogP contribution in [-0.2, 0) is 5.75 Å². The highest BCUT2D eigenvalue weighted by Crippen LogP contribution is 2.48. The highest BCUT2D eigenvalue weighted by atomic mass is 32.2. The predicted molar refractivity (Wildman–Crippen MR) is 112 cm³/mol. The fraction of sp³-hybridized carbons (Fsp3) is 0.455. The summed E-state index contributed by atoms with van der Waals surface area (Å²) in [6.07, 6.45) is 1.23. The number of nitrogens with one attached hydrogen (secondary N) is 2. The number of benzene rings is 2. The smallest absolute Gasteiger partial charge is 0.123 e. The number of thioether (sulfide) groups is 1. The summed E-state index contributed by atoms with van der Waals surface area (Å²) in [5, 5.41) is 7.27. The largest absolute Gasteiger partial charge is 0.379 e. The van der Waals surface area contributed by atoms with Crippen LogP contribution in [-0.4, -0.2) is 31.4 Å². The van der Waals surface area contributed by atoms with Crippen molar-refractivity contribution in [1.82, 2.24) is 5.32 Å². The Kier molecular flexibility index (Phi) is 4.52. The molecule has 2 N–H and O–H groups in total. The number of nitrogens with zero attached hydrogens (tertiary/aromatic N) is 1. The van der Waals surface area contributed by atoms with E-state index >= 15 is 0 Å². The highest BCUT2D eigenvalue weighted by Gasteiger charge is 2.41. The number of hydrogen-bond acceptors (Lipinski definition) is 4. The molecular weight excluding hydrogens is 357 g/mol. The Morgan fingerprint density at radius 1 is 1.26 bits per heavy atom. The van der Waals surface area contributed by atoms with Crippen LogP contribution in [0.25, 0.3) is 0 Å². The highest BCUT2D eigenvalue weighted by molar-refractivity contribution is 7.98. The van der Waals surface area contributed by atoms with Crippen LogP contribution in [0.5, 0.6) is 0 Å². The Hall–Kier alpha value is -1.72. The lowest BCUT2D eigenvalue weighted by Crippen LogP contribution is -2.44. The van der Waals surface area contributed by atoms with E-state index in [1.165, 1.54) is 53.4 Å². The summed E-state index contributed by atoms with van der Waals surface area (Å²) in [6, 6.07) is 12.3. The van der Waals surface area contributed by atoms with Gasteiger partial charge < -0.3 is 15.5 Å². The fourth-order valence-corrected chi connectivity index (χ4v) is 5.86. The van der Waals surface area contributed by atoms with Gasteiger partial charge in [0.25, 0.3) is 0 Å². The fourth-order valence-electron chi connectivity index (χ4n) is 4.95. The summed E-state index contributed by atoms with van der Waals surface area (Å²) in [4.78, 5) is 2.70. The number of anilines is 2. The van der Waals surface area contributed by atoms with Crippen molar-refractivity contribution in [3.05, 3.63) is 58.9 Å². The minimum absolute atomic E-state index is 0.145. The van der Waals surface area contributed by atoms with Crippen molar-refractivity contribution in [3.8, 4) is 0 Å². The van der Waals surface area contributed by atoms with Gasteiger partial charge in [0.1, 0.15) is 5.82 Å². The van der Waals surface area contributed by atoms with Crippen molar-refractivity contribution in [2.75, 3.05) is 35.6 Å². The Bertz CT molecular complexity index is 838. The third-order valence-corrected chi connectivity index (χ3v) is 7.22. The van der Waals surface area contributed by atoms with Crippen molar-refractivity contribution < 1.29 is 4.39 Å². The molecule has 1 unspecified atom stereocenters. The first-order valence-electron chi connectivity index (χ1n) is 9.94. The van der Waals surface area contributed by atoms with Crippen LogP contribution >= 0.6 is 11.8 Å². The van der Waals surface area contributed by atoms with Gasteiger partial charge in [-0.15, -0.1) is 0 Å². The van der Waals surface area contributed by atoms with Gasteiger partial charge in [-0.2, -0.15) is 11.8 Å². The molecule has 3 aliphatic heterocycles. The van der Waals surface area contributed by atoms with Crippen LogP contribution in [0.4, 0.5) is 15.8 Å². The minimum atomic E-state index is -0.183. The normalized spacial score (nSPS) is 24.7. The molecular formula is C22H26FN3S. The van der Waals surface area contributed by atoms with E-state index in [0.717, 1.165) is 24.4 Å². The molecule has 5 rings (SSSR count). The minimum Gasteiger partial charge on any atom is -0.379 e. The zero-order chi connectivity index (χ0) is 18.4. The van der Waals surface area contributed by atoms with Crippen LogP contribution in [0.15, 0.2) is 36.4 Å². The third kappa shape index (κ3) is 3.11. The van der Waals surface area contributed by atoms with Crippen molar-refractivity contribution in [2.45, 2.75) is 37.1 Å². The molecule has 0 saturated carbocycles. The quantitative estimate of drug-likeness (QED) is 0.815. The molecule has 0 spiro atoms. The van der Waals surface area contributed by atoms with Gasteiger partial charge in [-0.25, -0.2) is 4.39 Å². The van der Waals surface area contributed by atoms with E-state index in [0.29, 0.717) is 12.0 Å². The SMILES string of the molecule is CC(Nc1cc2c3c(c1)[C@@H]1CNCC[C@@H]1N3CCSC2)c1ccc(F)cc1. The zero-order valence-corrected chi connectivity index (χ0v) is 16.5. The van der Waals surface area contributed by atoms with E-state index in [4.69, 9.17) is 0 Å². The molecule has 0 aromatic heterocycles. The Morgan fingerprint density at radius 2 is 2.11 bits per heavy atom. The lowest BCUT2D eigenvalue weighted by molar-refractivity contribution is 0.406. The summed E-state index contributed by atoms with van der Waals surface area (Å²) < 4.78 is 13.2. The van der Waals surface area contributed by atoms with Crippen LogP contribution in [0.2, 0.25) is 0 Å². The average Bonchev–Trinajstić information content (AvgIpc) is 2.84. The maximum atomic E-state index is 13.2. The van der Waals surface area contributed by atoms with Crippen molar-refractivity contribution in [1.29, 1.82) is 0 Å². The van der Waals surface area contributed by atoms with Gasteiger partial charge in [0.05, 0.1) is 0 Å². The summed E-state index contributed by atoms with van der Waals surface area (Å²) in [5.74, 6) is 2.71. The molecule has 3 aliphatic rings. The summed E-state index contributed by atoms with van der Waals surface area (Å²) in [5.41, 5.74) is 6.79. The van der Waals surface area contributed by atoms with E-state index in [2.05, 4.69) is 34.6 Å². The first-order chi connectivity index (χ1) is 13.2. The van der Waals surface area contributed by atoms with E-state index in [1.807, 2.05) is 23.9 Å². The maximum absolute atomic E-state index is 13.2. The molecule has 2 aromatic rings. The van der Waals surface area contributed by atoms with Gasteiger partial charge in [-0.05, 0) is 60.8 Å². The van der Waals surface area contributed by atoms with Crippen LogP contribution in [0.1, 0.15) is 42.0 Å². The molecule has 2 aromatic carbocycles. The third-order valence-electron chi connectivity index (χ3n) is 6.24. The van der Waals surface area contributed by atoms with Gasteiger partial charge in [-0.3, -0.25) is 0 Å². The lowest BCUT2D eigenvalue weighted by Gasteiger charge is -2.33. The molecule has 0 aliphatic carbocycles. The van der Waals surface area contributed by atoms with Crippen LogP contribution in [0.3, 0.4) is 0 Å². The van der Waals surface area contributed by atoms with Crippen LogP contribution < -0.4 is 15.5 Å². The zero-order valence-electron chi connectivity index (χ0n) is 15.7. The predicted octanol–water partition coefficient (Wildman–Crippen LogP) is 4.51. The number of fused-ring (bicyclic) bond motifs is 3. The Balaban J connectivity index is 1.49. The summed E-state index contributed by atoms with van der Waals surface area (Å²) in [6.45, 7) is 5.52. The maximum Gasteiger partial charge on any atom is 0.123 e. The molecule has 1 fully saturated rings. The lowest BCUT2D eigenvalue weighted by atomic mass is 9.89. The van der Waals surface area contributed by atoms with E-state index in [9.17, 15) is 4.39 Å². The van der Waals surface area contributed by atoms with E-state index < -0.39 is 0 Å². The van der Waals surface area contributed by atoms with Gasteiger partial charge in [0, 0.05) is 54.0 Å². The number of hydrogen-bond donors (Lipinski definition) is 2. The molecule has 0 bridgehead atoms. The molecule has 3 heterocycles. The van der Waals surface area contributed by atoms with Gasteiger partial charge >= 0.3 is 0 Å². The molecule has 27 heavy (non-hydrogen) atoms. The Morgan fingerprint density at radius 3 is 2.96 bits per heavy atom. The standard InChI is InChI=1S/C22H26FN3S/c1-14(15-2-4-17(23)5-3-15)25-18-10-16-13-27-9-8-26-21-6-7-24-12-20(21)19(11-18)22(16)26/h2-5,10-11,14,20-21,24-25H,6-9,12-13H2,1H3/t14?,20-,21-/m0/s1. The molecule has 142 valence electrons. The first kappa shape index (κ1) is 17.4. The molecule has 3 nitrogen and oxygen atoms in total. The van der Waals surface area contributed by atoms with Crippen molar-refractivity contribution in [3.63, 3.8) is 0 Å². The van der Waals surface area contributed by atoms with Crippen molar-refractivity contribution >= 4 is 23.1 Å². The summed E-state index contributed by atoms with van der Waals surface area (Å²) in [7, 11) is 0. The second-order valence-electron chi connectivity index (χ2n) is 7.90. The average molecular weight is 384 g/mol. The Labute approximate surface area is 164 Å². The van der Waals surface area contributed by atoms with Crippen molar-refractivity contribution in [2.24, 2.45) is 0 Å². The molecule has 0 radical (unpaired) electrons.